The van der Waals surface area contributed by atoms with E-state index in [-0.39, 0.29) is 42.1 Å². The number of pyridine rings is 1. The van der Waals surface area contributed by atoms with Crippen molar-refractivity contribution in [2.75, 3.05) is 11.9 Å². The van der Waals surface area contributed by atoms with Crippen LogP contribution in [0.1, 0.15) is 75.9 Å². The Morgan fingerprint density at radius 1 is 1.28 bits per heavy atom. The van der Waals surface area contributed by atoms with Crippen LogP contribution in [0.3, 0.4) is 0 Å². The topological polar surface area (TPSA) is 124 Å². The van der Waals surface area contributed by atoms with E-state index in [4.69, 9.17) is 4.98 Å². The molecular weight excluding hydrogens is 476 g/mol. The molecule has 0 aliphatic heterocycles. The van der Waals surface area contributed by atoms with E-state index in [2.05, 4.69) is 22.5 Å². The molecule has 0 unspecified atom stereocenters. The molecular formula is C27H38N4O4S. The molecule has 196 valence electrons. The Kier molecular flexibility index (Phi) is 7.29. The zero-order valence-corrected chi connectivity index (χ0v) is 22.6. The smallest absolute Gasteiger partial charge is 0.231 e. The highest BCUT2D eigenvalue weighted by atomic mass is 32.1. The van der Waals surface area contributed by atoms with Gasteiger partial charge in [-0.2, -0.15) is 0 Å². The maximum atomic E-state index is 13.2. The van der Waals surface area contributed by atoms with Gasteiger partial charge in [0.1, 0.15) is 0 Å². The monoisotopic (exact) mass is 514 g/mol. The number of nitrogens with zero attached hydrogens (tertiary/aromatic N) is 2. The van der Waals surface area contributed by atoms with Crippen LogP contribution < -0.4 is 10.6 Å². The molecule has 1 saturated carbocycles. The Labute approximate surface area is 217 Å². The number of nitrogens with one attached hydrogen (secondary N) is 2. The number of hydrogen-bond acceptors (Lipinski definition) is 7. The molecule has 4 N–H and O–H groups in total. The first-order chi connectivity index (χ1) is 16.9. The van der Waals surface area contributed by atoms with Crippen molar-refractivity contribution in [3.05, 3.63) is 40.7 Å². The van der Waals surface area contributed by atoms with Crippen molar-refractivity contribution in [2.24, 2.45) is 22.2 Å². The fraction of sp³-hybridized carbons (Fsp3) is 0.630. The molecule has 1 fully saturated rings. The highest BCUT2D eigenvalue weighted by molar-refractivity contribution is 7.15. The summed E-state index contributed by atoms with van der Waals surface area (Å²) in [6, 6.07) is 3.76. The van der Waals surface area contributed by atoms with E-state index in [1.165, 1.54) is 11.3 Å². The van der Waals surface area contributed by atoms with Gasteiger partial charge in [0, 0.05) is 47.0 Å². The van der Waals surface area contributed by atoms with E-state index in [0.717, 1.165) is 22.6 Å². The largest absolute Gasteiger partial charge is 0.396 e. The van der Waals surface area contributed by atoms with Gasteiger partial charge in [-0.05, 0) is 42.2 Å². The standard InChI is InChI=1S/C27H38N4O4S/c1-25(2,3)23(35)31-24-30-22-17(11-21(34)29-14-16-7-6-10-28-13-16)26(4)9-8-20(33)27(5,15-32)19(26)12-18(22)36-24/h6-7,10,13,17,19-20,32-33H,8-9,11-12,14-15H2,1-5H3,(H,29,34)(H,30,31,35)/t17-,19+,20-,26+,27+/m1/s1. The van der Waals surface area contributed by atoms with Crippen molar-refractivity contribution in [1.82, 2.24) is 15.3 Å². The number of aromatic nitrogens is 2. The summed E-state index contributed by atoms with van der Waals surface area (Å²) in [7, 11) is 0. The number of fused-ring (bicyclic) bond motifs is 2. The number of aliphatic hydroxyl groups is 2. The molecule has 2 aromatic rings. The van der Waals surface area contributed by atoms with Gasteiger partial charge in [-0.25, -0.2) is 4.98 Å². The van der Waals surface area contributed by atoms with Gasteiger partial charge in [-0.15, -0.1) is 11.3 Å². The van der Waals surface area contributed by atoms with Gasteiger partial charge in [-0.3, -0.25) is 14.6 Å². The highest BCUT2D eigenvalue weighted by Crippen LogP contribution is 2.62. The van der Waals surface area contributed by atoms with Gasteiger partial charge in [-0.1, -0.05) is 40.7 Å². The summed E-state index contributed by atoms with van der Waals surface area (Å²) >= 11 is 1.44. The van der Waals surface area contributed by atoms with Crippen molar-refractivity contribution in [2.45, 2.75) is 78.9 Å². The Bertz CT molecular complexity index is 1110. The summed E-state index contributed by atoms with van der Waals surface area (Å²) < 4.78 is 0. The third kappa shape index (κ3) is 4.93. The van der Waals surface area contributed by atoms with Crippen LogP contribution in [-0.4, -0.2) is 44.7 Å². The number of carbonyl (C=O) groups is 2. The lowest BCUT2D eigenvalue weighted by Gasteiger charge is -2.58. The Morgan fingerprint density at radius 2 is 2.03 bits per heavy atom. The van der Waals surface area contributed by atoms with Crippen LogP contribution in [0.5, 0.6) is 0 Å². The third-order valence-electron chi connectivity index (χ3n) is 8.40. The zero-order valence-electron chi connectivity index (χ0n) is 21.8. The first-order valence-electron chi connectivity index (χ1n) is 12.6. The summed E-state index contributed by atoms with van der Waals surface area (Å²) in [5.74, 6) is -0.426. The summed E-state index contributed by atoms with van der Waals surface area (Å²) in [5.41, 5.74) is 0.199. The molecule has 0 spiro atoms. The summed E-state index contributed by atoms with van der Waals surface area (Å²) in [6.45, 7) is 9.96. The molecule has 0 aromatic carbocycles. The molecule has 2 aromatic heterocycles. The normalized spacial score (nSPS) is 29.7. The molecule has 36 heavy (non-hydrogen) atoms. The molecule has 0 bridgehead atoms. The number of aliphatic hydroxyl groups excluding tert-OH is 2. The van der Waals surface area contributed by atoms with Crippen molar-refractivity contribution < 1.29 is 19.8 Å². The summed E-state index contributed by atoms with van der Waals surface area (Å²) in [4.78, 5) is 35.8. The van der Waals surface area contributed by atoms with Crippen molar-refractivity contribution in [1.29, 1.82) is 0 Å². The van der Waals surface area contributed by atoms with Gasteiger partial charge in [0.25, 0.3) is 0 Å². The molecule has 9 heteroatoms. The maximum Gasteiger partial charge on any atom is 0.231 e. The van der Waals surface area contributed by atoms with Crippen LogP contribution in [0.15, 0.2) is 24.5 Å². The number of hydrogen-bond donors (Lipinski definition) is 4. The van der Waals surface area contributed by atoms with Gasteiger partial charge < -0.3 is 20.8 Å². The predicted molar refractivity (Wildman–Crippen MR) is 139 cm³/mol. The van der Waals surface area contributed by atoms with Crippen LogP contribution in [0.2, 0.25) is 0 Å². The quantitative estimate of drug-likeness (QED) is 0.467. The van der Waals surface area contributed by atoms with E-state index in [1.54, 1.807) is 12.4 Å². The van der Waals surface area contributed by atoms with E-state index in [1.807, 2.05) is 39.8 Å². The van der Waals surface area contributed by atoms with Crippen LogP contribution in [0.4, 0.5) is 5.13 Å². The summed E-state index contributed by atoms with van der Waals surface area (Å²) in [6.07, 6.45) is 5.00. The van der Waals surface area contributed by atoms with Crippen molar-refractivity contribution in [3.8, 4) is 0 Å². The minimum atomic E-state index is -0.687. The van der Waals surface area contributed by atoms with Crippen LogP contribution in [0, 0.1) is 22.2 Å². The average Bonchev–Trinajstić information content (AvgIpc) is 3.24. The molecule has 5 atom stereocenters. The molecule has 2 aliphatic carbocycles. The fourth-order valence-electron chi connectivity index (χ4n) is 5.94. The summed E-state index contributed by atoms with van der Waals surface area (Å²) in [5, 5.41) is 27.8. The van der Waals surface area contributed by atoms with Gasteiger partial charge in [0.15, 0.2) is 5.13 Å². The predicted octanol–water partition coefficient (Wildman–Crippen LogP) is 3.64. The van der Waals surface area contributed by atoms with Crippen molar-refractivity contribution in [3.63, 3.8) is 0 Å². The first-order valence-corrected chi connectivity index (χ1v) is 13.5. The lowest BCUT2D eigenvalue weighted by molar-refractivity contribution is -0.144. The lowest BCUT2D eigenvalue weighted by atomic mass is 9.47. The maximum absolute atomic E-state index is 13.2. The lowest BCUT2D eigenvalue weighted by Crippen LogP contribution is -2.57. The van der Waals surface area contributed by atoms with E-state index in [0.29, 0.717) is 24.5 Å². The van der Waals surface area contributed by atoms with Gasteiger partial charge in [0.05, 0.1) is 18.4 Å². The zero-order chi connectivity index (χ0) is 26.3. The highest BCUT2D eigenvalue weighted by Gasteiger charge is 2.59. The van der Waals surface area contributed by atoms with Crippen LogP contribution in [-0.2, 0) is 22.6 Å². The number of carbonyl (C=O) groups excluding carboxylic acids is 2. The number of amides is 2. The average molecular weight is 515 g/mol. The number of rotatable bonds is 6. The van der Waals surface area contributed by atoms with Gasteiger partial charge >= 0.3 is 0 Å². The second-order valence-electron chi connectivity index (χ2n) is 11.9. The molecule has 2 aliphatic rings. The van der Waals surface area contributed by atoms with Crippen molar-refractivity contribution >= 4 is 28.3 Å². The Hall–Kier alpha value is -2.36. The third-order valence-corrected chi connectivity index (χ3v) is 9.41. The van der Waals surface area contributed by atoms with E-state index in [9.17, 15) is 19.8 Å². The second kappa shape index (κ2) is 9.84. The second-order valence-corrected chi connectivity index (χ2v) is 13.0. The van der Waals surface area contributed by atoms with Crippen LogP contribution >= 0.6 is 11.3 Å². The molecule has 8 nitrogen and oxygen atoms in total. The fourth-order valence-corrected chi connectivity index (χ4v) is 7.01. The van der Waals surface area contributed by atoms with Crippen LogP contribution in [0.25, 0.3) is 0 Å². The van der Waals surface area contributed by atoms with E-state index >= 15 is 0 Å². The molecule has 4 rings (SSSR count). The van der Waals surface area contributed by atoms with Gasteiger partial charge in [0.2, 0.25) is 11.8 Å². The van der Waals surface area contributed by atoms with E-state index < -0.39 is 16.9 Å². The number of anilines is 1. The SMILES string of the molecule is CC(C)(C)C(=O)Nc1nc2c(s1)C[C@@H]1[C@](C)(CO)[C@H](O)CC[C@@]1(C)[C@@H]2CC(=O)NCc1cccnc1. The Balaban J connectivity index is 1.66. The molecule has 0 saturated heterocycles. The molecule has 0 radical (unpaired) electrons. The first kappa shape index (κ1) is 26.7. The number of thiazole rings is 1. The minimum absolute atomic E-state index is 0.0333. The minimum Gasteiger partial charge on any atom is -0.396 e. The molecule has 2 amide bonds. The molecule has 2 heterocycles. The Morgan fingerprint density at radius 3 is 2.67 bits per heavy atom.